The van der Waals surface area contributed by atoms with Crippen LogP contribution in [-0.2, 0) is 32.8 Å². The van der Waals surface area contributed by atoms with Crippen LogP contribution in [0.1, 0.15) is 12.8 Å². The molecule has 0 radical (unpaired) electrons. The first-order valence-corrected chi connectivity index (χ1v) is 6.28. The van der Waals surface area contributed by atoms with Gasteiger partial charge in [0.05, 0.1) is 21.3 Å². The van der Waals surface area contributed by atoms with Gasteiger partial charge in [0.15, 0.2) is 0 Å². The minimum Gasteiger partial charge on any atom is -0.347 e. The van der Waals surface area contributed by atoms with Crippen molar-refractivity contribution < 1.29 is 32.8 Å². The summed E-state index contributed by atoms with van der Waals surface area (Å²) in [6.07, 6.45) is 3.32. The fourth-order valence-corrected chi connectivity index (χ4v) is 2.08. The maximum atomic E-state index is 5.30. The van der Waals surface area contributed by atoms with Crippen LogP contribution in [0, 0.1) is 0 Å². The quantitative estimate of drug-likeness (QED) is 0.180. The standard InChI is InChI=1S/C8H18O7Si/c1-5-6-7-8-12-16(13-9-2,14-10-3)15-11-4/h5H,1,6-8H2,2-4H3. The summed E-state index contributed by atoms with van der Waals surface area (Å²) in [6.45, 7) is 3.93. The lowest BCUT2D eigenvalue weighted by Gasteiger charge is -2.22. The van der Waals surface area contributed by atoms with Gasteiger partial charge in [-0.05, 0) is 12.8 Å². The van der Waals surface area contributed by atoms with Crippen LogP contribution in [-0.4, -0.2) is 37.0 Å². The molecule has 0 aromatic heterocycles. The zero-order valence-corrected chi connectivity index (χ0v) is 10.8. The molecule has 0 aromatic carbocycles. The van der Waals surface area contributed by atoms with E-state index in [0.29, 0.717) is 6.61 Å². The van der Waals surface area contributed by atoms with Crippen molar-refractivity contribution in [1.29, 1.82) is 0 Å². The van der Waals surface area contributed by atoms with Gasteiger partial charge in [0.1, 0.15) is 0 Å². The van der Waals surface area contributed by atoms with Crippen molar-refractivity contribution in [2.75, 3.05) is 27.9 Å². The molecule has 0 aliphatic rings. The minimum atomic E-state index is -3.55. The van der Waals surface area contributed by atoms with Crippen LogP contribution in [0.25, 0.3) is 0 Å². The van der Waals surface area contributed by atoms with Crippen molar-refractivity contribution in [3.63, 3.8) is 0 Å². The number of hydrogen-bond acceptors (Lipinski definition) is 7. The maximum Gasteiger partial charge on any atom is 0.764 e. The first-order chi connectivity index (χ1) is 7.74. The molecule has 8 heteroatoms. The summed E-state index contributed by atoms with van der Waals surface area (Å²) in [6, 6.07) is 0. The average Bonchev–Trinajstić information content (AvgIpc) is 2.26. The Kier molecular flexibility index (Phi) is 9.67. The zero-order chi connectivity index (χ0) is 12.3. The first-order valence-electron chi connectivity index (χ1n) is 4.65. The maximum absolute atomic E-state index is 5.30. The van der Waals surface area contributed by atoms with E-state index in [9.17, 15) is 0 Å². The second kappa shape index (κ2) is 9.87. The molecule has 0 spiro atoms. The van der Waals surface area contributed by atoms with Crippen LogP contribution in [0.3, 0.4) is 0 Å². The van der Waals surface area contributed by atoms with E-state index in [1.54, 1.807) is 6.08 Å². The third-order valence-corrected chi connectivity index (χ3v) is 3.06. The smallest absolute Gasteiger partial charge is 0.347 e. The molecule has 0 unspecified atom stereocenters. The van der Waals surface area contributed by atoms with E-state index in [0.717, 1.165) is 12.8 Å². The fraction of sp³-hybridized carbons (Fsp3) is 0.750. The van der Waals surface area contributed by atoms with Gasteiger partial charge in [0.2, 0.25) is 0 Å². The van der Waals surface area contributed by atoms with Crippen LogP contribution in [0.5, 0.6) is 0 Å². The molecule has 0 amide bonds. The largest absolute Gasteiger partial charge is 0.764 e. The van der Waals surface area contributed by atoms with E-state index in [1.165, 1.54) is 21.3 Å². The monoisotopic (exact) mass is 254 g/mol. The topological polar surface area (TPSA) is 64.6 Å². The van der Waals surface area contributed by atoms with Crippen LogP contribution in [0.2, 0.25) is 0 Å². The molecular formula is C8H18O7Si. The lowest BCUT2D eigenvalue weighted by Crippen LogP contribution is -2.48. The molecule has 0 rings (SSSR count). The predicted molar refractivity (Wildman–Crippen MR) is 55.4 cm³/mol. The number of unbranched alkanes of at least 4 members (excludes halogenated alkanes) is 1. The molecule has 0 saturated carbocycles. The van der Waals surface area contributed by atoms with Crippen LogP contribution < -0.4 is 0 Å². The van der Waals surface area contributed by atoms with Gasteiger partial charge >= 0.3 is 9.05 Å². The Balaban J connectivity index is 4.17. The first kappa shape index (κ1) is 15.7. The Morgan fingerprint density at radius 3 is 1.88 bits per heavy atom. The molecule has 0 atom stereocenters. The summed E-state index contributed by atoms with van der Waals surface area (Å²) in [5, 5.41) is 0. The lowest BCUT2D eigenvalue weighted by atomic mass is 10.3. The molecule has 0 saturated heterocycles. The van der Waals surface area contributed by atoms with E-state index in [4.69, 9.17) is 18.2 Å². The van der Waals surface area contributed by atoms with Crippen molar-refractivity contribution in [2.45, 2.75) is 12.8 Å². The summed E-state index contributed by atoms with van der Waals surface area (Å²) in [5.74, 6) is 0. The van der Waals surface area contributed by atoms with Crippen LogP contribution >= 0.6 is 0 Å². The fourth-order valence-electron chi connectivity index (χ4n) is 0.845. The Morgan fingerprint density at radius 1 is 1.00 bits per heavy atom. The van der Waals surface area contributed by atoms with Crippen molar-refractivity contribution in [3.05, 3.63) is 12.7 Å². The number of rotatable bonds is 11. The van der Waals surface area contributed by atoms with Gasteiger partial charge < -0.3 is 4.43 Å². The molecule has 0 aromatic rings. The Bertz CT molecular complexity index is 161. The lowest BCUT2D eigenvalue weighted by molar-refractivity contribution is -0.370. The minimum absolute atomic E-state index is 0.342. The van der Waals surface area contributed by atoms with Crippen molar-refractivity contribution in [3.8, 4) is 0 Å². The van der Waals surface area contributed by atoms with E-state index in [1.807, 2.05) is 0 Å². The summed E-state index contributed by atoms with van der Waals surface area (Å²) in [7, 11) is 0.349. The van der Waals surface area contributed by atoms with Crippen molar-refractivity contribution >= 4 is 9.05 Å². The van der Waals surface area contributed by atoms with E-state index in [2.05, 4.69) is 21.2 Å². The van der Waals surface area contributed by atoms with Gasteiger partial charge in [-0.1, -0.05) is 6.08 Å². The van der Waals surface area contributed by atoms with Gasteiger partial charge in [0, 0.05) is 6.61 Å². The SMILES string of the molecule is C=CCCCO[Si](OOC)(OOC)OOC. The highest BCUT2D eigenvalue weighted by Gasteiger charge is 2.51. The van der Waals surface area contributed by atoms with E-state index in [-0.39, 0.29) is 0 Å². The average molecular weight is 254 g/mol. The van der Waals surface area contributed by atoms with Gasteiger partial charge in [-0.2, -0.15) is 13.7 Å². The normalized spacial score (nSPS) is 11.7. The Labute approximate surface area is 96.1 Å². The molecule has 0 aliphatic carbocycles. The van der Waals surface area contributed by atoms with E-state index < -0.39 is 9.05 Å². The molecule has 0 fully saturated rings. The summed E-state index contributed by atoms with van der Waals surface area (Å²) < 4.78 is 19.7. The summed E-state index contributed by atoms with van der Waals surface area (Å²) in [5.41, 5.74) is 0. The molecule has 0 heterocycles. The third-order valence-electron chi connectivity index (χ3n) is 1.39. The van der Waals surface area contributed by atoms with Gasteiger partial charge in [-0.25, -0.2) is 14.7 Å². The van der Waals surface area contributed by atoms with Gasteiger partial charge in [-0.15, -0.1) is 6.58 Å². The molecule has 0 aliphatic heterocycles. The summed E-state index contributed by atoms with van der Waals surface area (Å²) >= 11 is 0. The number of hydrogen-bond donors (Lipinski definition) is 0. The number of allylic oxidation sites excluding steroid dienone is 1. The molecular weight excluding hydrogens is 236 g/mol. The highest BCUT2D eigenvalue weighted by Crippen LogP contribution is 2.13. The van der Waals surface area contributed by atoms with Crippen molar-refractivity contribution in [2.24, 2.45) is 0 Å². The molecule has 96 valence electrons. The molecule has 0 bridgehead atoms. The Morgan fingerprint density at radius 2 is 1.50 bits per heavy atom. The Hall–Kier alpha value is -0.323. The molecule has 0 N–H and O–H groups in total. The van der Waals surface area contributed by atoms with Crippen molar-refractivity contribution in [1.82, 2.24) is 0 Å². The highest BCUT2D eigenvalue weighted by atomic mass is 28.4. The molecule has 16 heavy (non-hydrogen) atoms. The van der Waals surface area contributed by atoms with E-state index >= 15 is 0 Å². The second-order valence-corrected chi connectivity index (χ2v) is 4.32. The predicted octanol–water partition coefficient (Wildman–Crippen LogP) is 1.14. The second-order valence-electron chi connectivity index (χ2n) is 2.53. The van der Waals surface area contributed by atoms with Gasteiger partial charge in [0.25, 0.3) is 0 Å². The molecule has 7 nitrogen and oxygen atoms in total. The summed E-state index contributed by atoms with van der Waals surface area (Å²) in [4.78, 5) is 13.4. The van der Waals surface area contributed by atoms with Gasteiger partial charge in [-0.3, -0.25) is 0 Å². The zero-order valence-electron chi connectivity index (χ0n) is 9.76. The van der Waals surface area contributed by atoms with Crippen LogP contribution in [0.15, 0.2) is 12.7 Å². The third kappa shape index (κ3) is 6.30. The highest BCUT2D eigenvalue weighted by molar-refractivity contribution is 6.52. The van der Waals surface area contributed by atoms with Crippen LogP contribution in [0.4, 0.5) is 0 Å².